The molecule has 1 N–H and O–H groups in total. The summed E-state index contributed by atoms with van der Waals surface area (Å²) >= 11 is 7.44. The standard InChI is InChI=1S/C24H26ClN5O2S/c1-32-21-9-5-6-17(14-21)15-26-27-22(31)16-33-24-29-28-23(18-10-12-19(25)13-11-18)30(24)20-7-3-2-4-8-20/h5-6,9-15,20H,2-4,7-8,16H2,1H3,(H,27,31)/b26-15-. The molecule has 9 heteroatoms. The van der Waals surface area contributed by atoms with Crippen LogP contribution in [0.2, 0.25) is 5.02 Å². The van der Waals surface area contributed by atoms with E-state index in [-0.39, 0.29) is 11.7 Å². The first-order chi connectivity index (χ1) is 16.1. The van der Waals surface area contributed by atoms with E-state index in [0.717, 1.165) is 40.7 Å². The molecule has 3 aromatic rings. The Kier molecular flexibility index (Phi) is 8.01. The third-order valence-corrected chi connectivity index (χ3v) is 6.73. The van der Waals surface area contributed by atoms with Crippen molar-refractivity contribution in [3.8, 4) is 17.1 Å². The van der Waals surface area contributed by atoms with Crippen molar-refractivity contribution < 1.29 is 9.53 Å². The predicted molar refractivity (Wildman–Crippen MR) is 132 cm³/mol. The molecule has 0 spiro atoms. The summed E-state index contributed by atoms with van der Waals surface area (Å²) in [5.74, 6) is 1.54. The van der Waals surface area contributed by atoms with Crippen molar-refractivity contribution in [3.05, 3.63) is 59.1 Å². The zero-order valence-corrected chi connectivity index (χ0v) is 20.0. The topological polar surface area (TPSA) is 81.4 Å². The van der Waals surface area contributed by atoms with E-state index >= 15 is 0 Å². The van der Waals surface area contributed by atoms with E-state index in [9.17, 15) is 4.79 Å². The Morgan fingerprint density at radius 3 is 2.76 bits per heavy atom. The molecule has 2 aromatic carbocycles. The van der Waals surface area contributed by atoms with Crippen LogP contribution in [0.15, 0.2) is 58.8 Å². The van der Waals surface area contributed by atoms with Crippen molar-refractivity contribution >= 4 is 35.5 Å². The Labute approximate surface area is 202 Å². The number of benzene rings is 2. The average Bonchev–Trinajstić information content (AvgIpc) is 3.28. The van der Waals surface area contributed by atoms with Crippen LogP contribution in [0.25, 0.3) is 11.4 Å². The Bertz CT molecular complexity index is 1110. The molecule has 0 aliphatic heterocycles. The number of rotatable bonds is 8. The van der Waals surface area contributed by atoms with Gasteiger partial charge in [-0.05, 0) is 54.8 Å². The van der Waals surface area contributed by atoms with Gasteiger partial charge in [0.05, 0.1) is 19.1 Å². The van der Waals surface area contributed by atoms with Crippen molar-refractivity contribution in [3.63, 3.8) is 0 Å². The first-order valence-corrected chi connectivity index (χ1v) is 12.3. The van der Waals surface area contributed by atoms with Crippen LogP contribution in [0, 0.1) is 0 Å². The number of nitrogens with one attached hydrogen (secondary N) is 1. The Morgan fingerprint density at radius 2 is 2.00 bits per heavy atom. The summed E-state index contributed by atoms with van der Waals surface area (Å²) in [4.78, 5) is 12.4. The molecule has 0 bridgehead atoms. The van der Waals surface area contributed by atoms with Gasteiger partial charge in [-0.25, -0.2) is 5.43 Å². The molecule has 172 valence electrons. The average molecular weight is 484 g/mol. The quantitative estimate of drug-likeness (QED) is 0.265. The van der Waals surface area contributed by atoms with Crippen LogP contribution in [0.5, 0.6) is 5.75 Å². The van der Waals surface area contributed by atoms with Crippen molar-refractivity contribution in [2.75, 3.05) is 12.9 Å². The van der Waals surface area contributed by atoms with E-state index in [1.807, 2.05) is 48.5 Å². The van der Waals surface area contributed by atoms with Crippen LogP contribution in [0.3, 0.4) is 0 Å². The molecular formula is C24H26ClN5O2S. The Morgan fingerprint density at radius 1 is 1.21 bits per heavy atom. The summed E-state index contributed by atoms with van der Waals surface area (Å²) in [6.07, 6.45) is 7.39. The summed E-state index contributed by atoms with van der Waals surface area (Å²) < 4.78 is 7.39. The Hall–Kier alpha value is -2.84. The summed E-state index contributed by atoms with van der Waals surface area (Å²) in [6, 6.07) is 15.4. The van der Waals surface area contributed by atoms with E-state index in [2.05, 4.69) is 25.3 Å². The normalized spacial score (nSPS) is 14.5. The van der Waals surface area contributed by atoms with Crippen LogP contribution in [-0.2, 0) is 4.79 Å². The highest BCUT2D eigenvalue weighted by Gasteiger charge is 2.24. The number of carbonyl (C=O) groups excluding carboxylic acids is 1. The molecule has 1 fully saturated rings. The lowest BCUT2D eigenvalue weighted by atomic mass is 9.95. The van der Waals surface area contributed by atoms with E-state index in [1.54, 1.807) is 13.3 Å². The lowest BCUT2D eigenvalue weighted by molar-refractivity contribution is -0.118. The molecule has 33 heavy (non-hydrogen) atoms. The molecule has 0 unspecified atom stereocenters. The van der Waals surface area contributed by atoms with Crippen LogP contribution >= 0.6 is 23.4 Å². The number of hydrogen-bond donors (Lipinski definition) is 1. The monoisotopic (exact) mass is 483 g/mol. The highest BCUT2D eigenvalue weighted by Crippen LogP contribution is 2.35. The fourth-order valence-electron chi connectivity index (χ4n) is 3.90. The number of carbonyl (C=O) groups is 1. The number of thioether (sulfide) groups is 1. The minimum Gasteiger partial charge on any atom is -0.497 e. The molecule has 1 aromatic heterocycles. The van der Waals surface area contributed by atoms with Crippen molar-refractivity contribution in [2.45, 2.75) is 43.3 Å². The molecule has 0 saturated heterocycles. The van der Waals surface area contributed by atoms with Gasteiger partial charge in [0.15, 0.2) is 11.0 Å². The van der Waals surface area contributed by atoms with Crippen LogP contribution < -0.4 is 10.2 Å². The van der Waals surface area contributed by atoms with E-state index in [1.165, 1.54) is 31.0 Å². The third-order valence-electron chi connectivity index (χ3n) is 5.54. The zero-order chi connectivity index (χ0) is 23.0. The van der Waals surface area contributed by atoms with Gasteiger partial charge in [-0.3, -0.25) is 9.36 Å². The maximum atomic E-state index is 12.4. The minimum atomic E-state index is -0.203. The van der Waals surface area contributed by atoms with E-state index < -0.39 is 0 Å². The highest BCUT2D eigenvalue weighted by atomic mass is 35.5. The van der Waals surface area contributed by atoms with Gasteiger partial charge in [-0.15, -0.1) is 10.2 Å². The summed E-state index contributed by atoms with van der Waals surface area (Å²) in [5, 5.41) is 14.4. The smallest absolute Gasteiger partial charge is 0.250 e. The van der Waals surface area contributed by atoms with E-state index in [4.69, 9.17) is 16.3 Å². The SMILES string of the molecule is COc1cccc(/C=N\NC(=O)CSc2nnc(-c3ccc(Cl)cc3)n2C2CCCCC2)c1. The second-order valence-corrected chi connectivity index (χ2v) is 9.21. The molecule has 1 aliphatic carbocycles. The number of ether oxygens (including phenoxy) is 1. The van der Waals surface area contributed by atoms with Crippen molar-refractivity contribution in [1.82, 2.24) is 20.2 Å². The third kappa shape index (κ3) is 6.15. The van der Waals surface area contributed by atoms with Gasteiger partial charge in [-0.2, -0.15) is 5.10 Å². The number of halogens is 1. The maximum absolute atomic E-state index is 12.4. The fourth-order valence-corrected chi connectivity index (χ4v) is 4.83. The molecule has 0 atom stereocenters. The number of nitrogens with zero attached hydrogens (tertiary/aromatic N) is 4. The molecule has 7 nitrogen and oxygen atoms in total. The summed E-state index contributed by atoms with van der Waals surface area (Å²) in [6.45, 7) is 0. The van der Waals surface area contributed by atoms with Gasteiger partial charge in [0.1, 0.15) is 5.75 Å². The minimum absolute atomic E-state index is 0.195. The molecule has 1 heterocycles. The second-order valence-electron chi connectivity index (χ2n) is 7.83. The largest absolute Gasteiger partial charge is 0.497 e. The van der Waals surface area contributed by atoms with Gasteiger partial charge >= 0.3 is 0 Å². The number of aromatic nitrogens is 3. The van der Waals surface area contributed by atoms with Crippen molar-refractivity contribution in [2.24, 2.45) is 5.10 Å². The summed E-state index contributed by atoms with van der Waals surface area (Å²) in [7, 11) is 1.61. The Balaban J connectivity index is 1.44. The number of amides is 1. The van der Waals surface area contributed by atoms with Gasteiger partial charge < -0.3 is 4.74 Å². The molecule has 0 radical (unpaired) electrons. The van der Waals surface area contributed by atoms with Crippen LogP contribution in [0.1, 0.15) is 43.7 Å². The van der Waals surface area contributed by atoms with Gasteiger partial charge in [0, 0.05) is 16.6 Å². The first-order valence-electron chi connectivity index (χ1n) is 10.9. The van der Waals surface area contributed by atoms with Gasteiger partial charge in [-0.1, -0.05) is 54.8 Å². The van der Waals surface area contributed by atoms with Gasteiger partial charge in [0.25, 0.3) is 5.91 Å². The molecule has 1 saturated carbocycles. The summed E-state index contributed by atoms with van der Waals surface area (Å²) in [5.41, 5.74) is 4.39. The van der Waals surface area contributed by atoms with Crippen LogP contribution in [0.4, 0.5) is 0 Å². The first kappa shape index (κ1) is 23.3. The van der Waals surface area contributed by atoms with Crippen LogP contribution in [-0.4, -0.2) is 39.7 Å². The lowest BCUT2D eigenvalue weighted by Crippen LogP contribution is -2.20. The predicted octanol–water partition coefficient (Wildman–Crippen LogP) is 5.35. The fraction of sp³-hybridized carbons (Fsp3) is 0.333. The number of hydrogen-bond acceptors (Lipinski definition) is 6. The number of methoxy groups -OCH3 is 1. The second kappa shape index (κ2) is 11.3. The molecule has 1 aliphatic rings. The number of hydrazone groups is 1. The highest BCUT2D eigenvalue weighted by molar-refractivity contribution is 7.99. The lowest BCUT2D eigenvalue weighted by Gasteiger charge is -2.25. The van der Waals surface area contributed by atoms with Gasteiger partial charge in [0.2, 0.25) is 0 Å². The molecule has 1 amide bonds. The molecular weight excluding hydrogens is 458 g/mol. The molecule has 4 rings (SSSR count). The zero-order valence-electron chi connectivity index (χ0n) is 18.4. The maximum Gasteiger partial charge on any atom is 0.250 e. The van der Waals surface area contributed by atoms with Crippen molar-refractivity contribution in [1.29, 1.82) is 0 Å². The van der Waals surface area contributed by atoms with E-state index in [0.29, 0.717) is 11.1 Å².